The first-order valence-corrected chi connectivity index (χ1v) is 11.2. The number of aromatic amines is 1. The van der Waals surface area contributed by atoms with E-state index in [2.05, 4.69) is 27.4 Å². The van der Waals surface area contributed by atoms with Crippen LogP contribution in [-0.2, 0) is 22.5 Å². The van der Waals surface area contributed by atoms with Gasteiger partial charge < -0.3 is 25.0 Å². The van der Waals surface area contributed by atoms with Gasteiger partial charge in [0.25, 0.3) is 5.91 Å². The van der Waals surface area contributed by atoms with E-state index in [0.29, 0.717) is 48.9 Å². The van der Waals surface area contributed by atoms with Crippen LogP contribution in [0.25, 0.3) is 22.4 Å². The topological polar surface area (TPSA) is 103 Å². The number of morpholine rings is 1. The molecule has 3 aromatic rings. The number of rotatable bonds is 3. The van der Waals surface area contributed by atoms with Crippen LogP contribution >= 0.6 is 11.6 Å². The number of amides is 1. The number of aliphatic hydroxyl groups is 1. The molecule has 2 aliphatic heterocycles. The first-order chi connectivity index (χ1) is 15.3. The number of carbonyl (C=O) groups is 1. The third kappa shape index (κ3) is 3.88. The zero-order valence-corrected chi connectivity index (χ0v) is 18.9. The highest BCUT2D eigenvalue weighted by Gasteiger charge is 2.33. The van der Waals surface area contributed by atoms with Crippen molar-refractivity contribution in [2.75, 3.05) is 26.3 Å². The molecule has 2 aromatic heterocycles. The van der Waals surface area contributed by atoms with Crippen LogP contribution in [0, 0.1) is 0 Å². The van der Waals surface area contributed by atoms with E-state index < -0.39 is 5.60 Å². The molecule has 0 aliphatic carbocycles. The van der Waals surface area contributed by atoms with Gasteiger partial charge in [0.1, 0.15) is 11.1 Å². The smallest absolute Gasteiger partial charge is 0.254 e. The Morgan fingerprint density at radius 1 is 1.38 bits per heavy atom. The zero-order chi connectivity index (χ0) is 22.5. The lowest BCUT2D eigenvalue weighted by Crippen LogP contribution is -2.47. The van der Waals surface area contributed by atoms with Crippen molar-refractivity contribution in [2.24, 2.45) is 0 Å². The van der Waals surface area contributed by atoms with Crippen molar-refractivity contribution in [3.05, 3.63) is 46.2 Å². The summed E-state index contributed by atoms with van der Waals surface area (Å²) in [5.41, 5.74) is 4.97. The largest absolute Gasteiger partial charge is 0.381 e. The average Bonchev–Trinajstić information content (AvgIpc) is 3.17. The van der Waals surface area contributed by atoms with Gasteiger partial charge in [0, 0.05) is 31.4 Å². The van der Waals surface area contributed by atoms with Gasteiger partial charge in [-0.25, -0.2) is 9.97 Å². The van der Waals surface area contributed by atoms with Crippen LogP contribution in [0.3, 0.4) is 0 Å². The summed E-state index contributed by atoms with van der Waals surface area (Å²) in [4.78, 5) is 26.7. The van der Waals surface area contributed by atoms with Crippen LogP contribution in [0.15, 0.2) is 24.5 Å². The van der Waals surface area contributed by atoms with Gasteiger partial charge in [-0.05, 0) is 49.1 Å². The quantitative estimate of drug-likeness (QED) is 0.561. The summed E-state index contributed by atoms with van der Waals surface area (Å²) in [6.07, 6.45) is 4.14. The molecule has 0 unspecified atom stereocenters. The Morgan fingerprint density at radius 3 is 2.97 bits per heavy atom. The van der Waals surface area contributed by atoms with Crippen molar-refractivity contribution in [1.82, 2.24) is 25.2 Å². The lowest BCUT2D eigenvalue weighted by atomic mass is 9.87. The fourth-order valence-corrected chi connectivity index (χ4v) is 4.67. The molecule has 3 N–H and O–H groups in total. The Labute approximate surface area is 191 Å². The second-order valence-electron chi connectivity index (χ2n) is 8.91. The second-order valence-corrected chi connectivity index (χ2v) is 9.32. The van der Waals surface area contributed by atoms with Gasteiger partial charge in [-0.3, -0.25) is 4.79 Å². The predicted octanol–water partition coefficient (Wildman–Crippen LogP) is 2.59. The number of ether oxygens (including phenoxy) is 1. The molecule has 1 aromatic carbocycles. The van der Waals surface area contributed by atoms with E-state index in [0.717, 1.165) is 28.9 Å². The minimum absolute atomic E-state index is 0.0159. The third-order valence-corrected chi connectivity index (χ3v) is 6.40. The minimum Gasteiger partial charge on any atom is -0.381 e. The van der Waals surface area contributed by atoms with Gasteiger partial charge in [0.05, 0.1) is 36.2 Å². The molecule has 0 spiro atoms. The van der Waals surface area contributed by atoms with Crippen molar-refractivity contribution in [2.45, 2.75) is 38.5 Å². The van der Waals surface area contributed by atoms with Gasteiger partial charge in [-0.1, -0.05) is 11.6 Å². The lowest BCUT2D eigenvalue weighted by Gasteiger charge is -2.36. The first-order valence-electron chi connectivity index (χ1n) is 10.8. The highest BCUT2D eigenvalue weighted by molar-refractivity contribution is 6.34. The van der Waals surface area contributed by atoms with Crippen molar-refractivity contribution in [1.29, 1.82) is 0 Å². The van der Waals surface area contributed by atoms with E-state index in [1.54, 1.807) is 17.3 Å². The summed E-state index contributed by atoms with van der Waals surface area (Å²) < 4.78 is 5.73. The molecule has 1 fully saturated rings. The number of hydrogen-bond acceptors (Lipinski definition) is 6. The van der Waals surface area contributed by atoms with Gasteiger partial charge in [0.2, 0.25) is 0 Å². The molecule has 1 amide bonds. The van der Waals surface area contributed by atoms with Gasteiger partial charge >= 0.3 is 0 Å². The molecule has 1 atom stereocenters. The Bertz CT molecular complexity index is 1180. The number of aromatic nitrogens is 3. The zero-order valence-electron chi connectivity index (χ0n) is 18.1. The number of hydrogen-bond donors (Lipinski definition) is 3. The Balaban J connectivity index is 1.59. The molecule has 1 saturated heterocycles. The van der Waals surface area contributed by atoms with Crippen LogP contribution in [0.2, 0.25) is 5.02 Å². The maximum absolute atomic E-state index is 12.7. The standard InChI is InChI=1S/C23H26ClN5O3/c1-23(2,31)22(30)29-5-3-13-7-14(18-10-27-21-20(28-18)17(24)9-26-21)8-15(16(13)11-29)19-12-32-6-4-25-19/h7-10,19,25,31H,3-6,11-12H2,1-2H3,(H,26,27)/t19-/m0/s1. The number of halogens is 1. The molecular weight excluding hydrogens is 430 g/mol. The Morgan fingerprint density at radius 2 is 2.22 bits per heavy atom. The predicted molar refractivity (Wildman–Crippen MR) is 121 cm³/mol. The van der Waals surface area contributed by atoms with Crippen LogP contribution in [0.1, 0.15) is 36.6 Å². The molecule has 0 radical (unpaired) electrons. The normalized spacial score (nSPS) is 19.2. The van der Waals surface area contributed by atoms with Crippen molar-refractivity contribution >= 4 is 28.7 Å². The summed E-state index contributed by atoms with van der Waals surface area (Å²) in [5.74, 6) is -0.260. The van der Waals surface area contributed by atoms with Gasteiger partial charge in [-0.15, -0.1) is 0 Å². The lowest BCUT2D eigenvalue weighted by molar-refractivity contribution is -0.148. The van der Waals surface area contributed by atoms with Gasteiger partial charge in [0.15, 0.2) is 5.65 Å². The molecule has 8 nitrogen and oxygen atoms in total. The van der Waals surface area contributed by atoms with E-state index in [9.17, 15) is 9.90 Å². The van der Waals surface area contributed by atoms with E-state index in [-0.39, 0.29) is 11.9 Å². The van der Waals surface area contributed by atoms with Crippen molar-refractivity contribution in [3.8, 4) is 11.3 Å². The fourth-order valence-electron chi connectivity index (χ4n) is 4.48. The average molecular weight is 456 g/mol. The first kappa shape index (κ1) is 21.3. The summed E-state index contributed by atoms with van der Waals surface area (Å²) in [6, 6.07) is 4.26. The van der Waals surface area contributed by atoms with Crippen LogP contribution in [0.4, 0.5) is 0 Å². The molecule has 0 bridgehead atoms. The second kappa shape index (κ2) is 8.12. The summed E-state index contributed by atoms with van der Waals surface area (Å²) in [5, 5.41) is 14.3. The van der Waals surface area contributed by atoms with E-state index in [4.69, 9.17) is 21.3 Å². The number of H-pyrrole nitrogens is 1. The summed E-state index contributed by atoms with van der Waals surface area (Å²) in [7, 11) is 0. The summed E-state index contributed by atoms with van der Waals surface area (Å²) >= 11 is 6.26. The van der Waals surface area contributed by atoms with Crippen LogP contribution in [0.5, 0.6) is 0 Å². The third-order valence-electron chi connectivity index (χ3n) is 6.11. The van der Waals surface area contributed by atoms with E-state index in [1.807, 2.05) is 0 Å². The molecular formula is C23H26ClN5O3. The monoisotopic (exact) mass is 455 g/mol. The molecule has 32 heavy (non-hydrogen) atoms. The van der Waals surface area contributed by atoms with Crippen LogP contribution in [-0.4, -0.2) is 62.8 Å². The maximum Gasteiger partial charge on any atom is 0.254 e. The van der Waals surface area contributed by atoms with Crippen molar-refractivity contribution in [3.63, 3.8) is 0 Å². The molecule has 5 rings (SSSR count). The highest BCUT2D eigenvalue weighted by Crippen LogP contribution is 2.34. The number of nitrogens with zero attached hydrogens (tertiary/aromatic N) is 3. The molecule has 2 aliphatic rings. The maximum atomic E-state index is 12.7. The summed E-state index contributed by atoms with van der Waals surface area (Å²) in [6.45, 7) is 6.08. The SMILES string of the molecule is CC(C)(O)C(=O)N1CCc2cc(-c3cnc4[nH]cc(Cl)c4n3)cc([C@@H]3COCCN3)c2C1. The number of fused-ring (bicyclic) bond motifs is 2. The number of benzene rings is 1. The van der Waals surface area contributed by atoms with Crippen molar-refractivity contribution < 1.29 is 14.6 Å². The molecule has 9 heteroatoms. The van der Waals surface area contributed by atoms with Gasteiger partial charge in [-0.2, -0.15) is 0 Å². The number of carbonyl (C=O) groups excluding carboxylic acids is 1. The molecule has 0 saturated carbocycles. The van der Waals surface area contributed by atoms with E-state index in [1.165, 1.54) is 19.4 Å². The molecule has 168 valence electrons. The highest BCUT2D eigenvalue weighted by atomic mass is 35.5. The fraction of sp³-hybridized carbons (Fsp3) is 0.435. The Hall–Kier alpha value is -2.52. The number of nitrogens with one attached hydrogen (secondary N) is 2. The van der Waals surface area contributed by atoms with E-state index >= 15 is 0 Å². The Kier molecular flexibility index (Phi) is 5.41. The minimum atomic E-state index is -1.40. The molecule has 4 heterocycles. The van der Waals surface area contributed by atoms with Crippen LogP contribution < -0.4 is 5.32 Å².